The van der Waals surface area contributed by atoms with Gasteiger partial charge in [0, 0.05) is 17.0 Å². The number of amides is 1. The summed E-state index contributed by atoms with van der Waals surface area (Å²) >= 11 is 3.98. The van der Waals surface area contributed by atoms with E-state index in [1.165, 1.54) is 31.0 Å². The minimum absolute atomic E-state index is 0.162. The highest BCUT2D eigenvalue weighted by atomic mass is 32.1. The van der Waals surface area contributed by atoms with Crippen molar-refractivity contribution in [2.75, 3.05) is 6.54 Å². The Bertz CT molecular complexity index is 423. The first-order chi connectivity index (χ1) is 9.08. The molecule has 4 heteroatoms. The topological polar surface area (TPSA) is 29.1 Å². The molecule has 106 valence electrons. The Morgan fingerprint density at radius 1 is 1.42 bits per heavy atom. The first kappa shape index (κ1) is 16.0. The van der Waals surface area contributed by atoms with Crippen LogP contribution in [0.25, 0.3) is 0 Å². The molecule has 0 radical (unpaired) electrons. The Balaban J connectivity index is 2.52. The fraction of sp³-hybridized carbons (Fsp3) is 0.533. The Morgan fingerprint density at radius 3 is 2.74 bits per heavy atom. The molecule has 1 aromatic carbocycles. The van der Waals surface area contributed by atoms with Crippen molar-refractivity contribution in [2.24, 2.45) is 5.92 Å². The van der Waals surface area contributed by atoms with Crippen LogP contribution in [0.5, 0.6) is 0 Å². The smallest absolute Gasteiger partial charge is 0.251 e. The van der Waals surface area contributed by atoms with Crippen LogP contribution < -0.4 is 5.32 Å². The van der Waals surface area contributed by atoms with Gasteiger partial charge in [-0.05, 0) is 30.5 Å². The van der Waals surface area contributed by atoms with Crippen LogP contribution in [0.4, 0.5) is 4.39 Å². The summed E-state index contributed by atoms with van der Waals surface area (Å²) in [7, 11) is 0. The van der Waals surface area contributed by atoms with Crippen molar-refractivity contribution in [2.45, 2.75) is 44.4 Å². The van der Waals surface area contributed by atoms with Gasteiger partial charge >= 0.3 is 0 Å². The molecule has 19 heavy (non-hydrogen) atoms. The van der Waals surface area contributed by atoms with E-state index in [4.69, 9.17) is 0 Å². The fourth-order valence-corrected chi connectivity index (χ4v) is 2.15. The average Bonchev–Trinajstić information content (AvgIpc) is 2.41. The van der Waals surface area contributed by atoms with Crippen molar-refractivity contribution < 1.29 is 9.18 Å². The van der Waals surface area contributed by atoms with E-state index < -0.39 is 5.82 Å². The maximum absolute atomic E-state index is 13.1. The number of nitrogens with one attached hydrogen (secondary N) is 1. The van der Waals surface area contributed by atoms with Crippen molar-refractivity contribution in [1.29, 1.82) is 0 Å². The van der Waals surface area contributed by atoms with Gasteiger partial charge in [0.1, 0.15) is 5.82 Å². The maximum Gasteiger partial charge on any atom is 0.251 e. The summed E-state index contributed by atoms with van der Waals surface area (Å²) < 4.78 is 13.1. The van der Waals surface area contributed by atoms with Gasteiger partial charge in [-0.2, -0.15) is 0 Å². The molecule has 1 rings (SSSR count). The van der Waals surface area contributed by atoms with Crippen LogP contribution in [0.1, 0.15) is 49.9 Å². The van der Waals surface area contributed by atoms with E-state index in [0.717, 1.165) is 12.8 Å². The van der Waals surface area contributed by atoms with Crippen LogP contribution in [0.2, 0.25) is 0 Å². The van der Waals surface area contributed by atoms with E-state index in [0.29, 0.717) is 18.0 Å². The van der Waals surface area contributed by atoms with Crippen LogP contribution in [-0.2, 0) is 0 Å². The lowest BCUT2D eigenvalue weighted by Gasteiger charge is -2.15. The largest absolute Gasteiger partial charge is 0.352 e. The number of benzene rings is 1. The molecule has 0 heterocycles. The minimum Gasteiger partial charge on any atom is -0.352 e. The molecule has 0 aliphatic carbocycles. The molecule has 0 spiro atoms. The molecule has 1 amide bonds. The molecule has 1 unspecified atom stereocenters. The summed E-state index contributed by atoms with van der Waals surface area (Å²) in [6.45, 7) is 4.98. The Hall–Kier alpha value is -1.03. The van der Waals surface area contributed by atoms with Gasteiger partial charge in [0.2, 0.25) is 0 Å². The first-order valence-electron chi connectivity index (χ1n) is 6.85. The second-order valence-corrected chi connectivity index (χ2v) is 5.27. The van der Waals surface area contributed by atoms with E-state index >= 15 is 0 Å². The van der Waals surface area contributed by atoms with Crippen LogP contribution in [0.3, 0.4) is 0 Å². The van der Waals surface area contributed by atoms with E-state index in [9.17, 15) is 9.18 Å². The minimum atomic E-state index is -0.408. The molecule has 1 N–H and O–H groups in total. The van der Waals surface area contributed by atoms with E-state index in [-0.39, 0.29) is 10.8 Å². The number of thiol groups is 1. The zero-order valence-corrected chi connectivity index (χ0v) is 12.5. The van der Waals surface area contributed by atoms with Crippen LogP contribution >= 0.6 is 12.6 Å². The highest BCUT2D eigenvalue weighted by Crippen LogP contribution is 2.15. The third kappa shape index (κ3) is 5.23. The molecule has 0 bridgehead atoms. The lowest BCUT2D eigenvalue weighted by atomic mass is 9.99. The average molecular weight is 283 g/mol. The van der Waals surface area contributed by atoms with Crippen LogP contribution in [-0.4, -0.2) is 12.5 Å². The summed E-state index contributed by atoms with van der Waals surface area (Å²) in [5.74, 6) is -0.0562. The van der Waals surface area contributed by atoms with Gasteiger partial charge in [-0.25, -0.2) is 4.39 Å². The molecule has 0 aliphatic heterocycles. The predicted molar refractivity (Wildman–Crippen MR) is 79.3 cm³/mol. The number of carbonyl (C=O) groups is 1. The summed E-state index contributed by atoms with van der Waals surface area (Å²) in [4.78, 5) is 12.1. The highest BCUT2D eigenvalue weighted by Gasteiger charge is 2.11. The number of carbonyl (C=O) groups excluding carboxylic acids is 1. The molecule has 0 saturated heterocycles. The standard InChI is InChI=1S/C15H22FNOS/c1-3-5-6-11(4-2)10-17-15(18)12-7-8-13(16)14(19)9-12/h7-9,11,19H,3-6,10H2,1-2H3,(H,17,18). The van der Waals surface area contributed by atoms with Crippen molar-refractivity contribution in [3.63, 3.8) is 0 Å². The monoisotopic (exact) mass is 283 g/mol. The molecular weight excluding hydrogens is 261 g/mol. The fourth-order valence-electron chi connectivity index (χ4n) is 1.94. The molecule has 1 aromatic rings. The number of halogens is 1. The van der Waals surface area contributed by atoms with E-state index in [1.807, 2.05) is 0 Å². The molecule has 2 nitrogen and oxygen atoms in total. The van der Waals surface area contributed by atoms with Crippen molar-refractivity contribution >= 4 is 18.5 Å². The summed E-state index contributed by atoms with van der Waals surface area (Å²) in [5.41, 5.74) is 0.455. The second kappa shape index (κ2) is 8.20. The van der Waals surface area contributed by atoms with Gasteiger partial charge in [0.15, 0.2) is 0 Å². The molecule has 0 fully saturated rings. The number of rotatable bonds is 7. The maximum atomic E-state index is 13.1. The zero-order valence-electron chi connectivity index (χ0n) is 11.6. The van der Waals surface area contributed by atoms with Crippen molar-refractivity contribution in [3.05, 3.63) is 29.6 Å². The molecular formula is C15H22FNOS. The number of unbranched alkanes of at least 4 members (excludes halogenated alkanes) is 1. The number of hydrogen-bond acceptors (Lipinski definition) is 2. The SMILES string of the molecule is CCCCC(CC)CNC(=O)c1ccc(F)c(S)c1. The van der Waals surface area contributed by atoms with Crippen LogP contribution in [0, 0.1) is 11.7 Å². The molecule has 1 atom stereocenters. The zero-order chi connectivity index (χ0) is 14.3. The van der Waals surface area contributed by atoms with E-state index in [2.05, 4.69) is 31.8 Å². The lowest BCUT2D eigenvalue weighted by molar-refractivity contribution is 0.0945. The van der Waals surface area contributed by atoms with Gasteiger partial charge < -0.3 is 5.32 Å². The van der Waals surface area contributed by atoms with Gasteiger partial charge in [0.25, 0.3) is 5.91 Å². The Morgan fingerprint density at radius 2 is 2.16 bits per heavy atom. The van der Waals surface area contributed by atoms with Gasteiger partial charge in [-0.1, -0.05) is 33.1 Å². The van der Waals surface area contributed by atoms with Gasteiger partial charge in [-0.15, -0.1) is 12.6 Å². The van der Waals surface area contributed by atoms with E-state index in [1.54, 1.807) is 0 Å². The molecule has 0 saturated carbocycles. The predicted octanol–water partition coefficient (Wildman–Crippen LogP) is 4.06. The number of hydrogen-bond donors (Lipinski definition) is 2. The molecule has 0 aliphatic rings. The van der Waals surface area contributed by atoms with Crippen molar-refractivity contribution in [3.8, 4) is 0 Å². The van der Waals surface area contributed by atoms with Gasteiger partial charge in [0.05, 0.1) is 0 Å². The van der Waals surface area contributed by atoms with Crippen LogP contribution in [0.15, 0.2) is 23.1 Å². The van der Waals surface area contributed by atoms with Gasteiger partial charge in [-0.3, -0.25) is 4.79 Å². The summed E-state index contributed by atoms with van der Waals surface area (Å²) in [5, 5.41) is 2.91. The Kier molecular flexibility index (Phi) is 6.92. The highest BCUT2D eigenvalue weighted by molar-refractivity contribution is 7.80. The van der Waals surface area contributed by atoms with Crippen molar-refractivity contribution in [1.82, 2.24) is 5.32 Å². The first-order valence-corrected chi connectivity index (χ1v) is 7.29. The molecule has 0 aromatic heterocycles. The second-order valence-electron chi connectivity index (χ2n) is 4.79. The Labute approximate surface area is 120 Å². The summed E-state index contributed by atoms with van der Waals surface area (Å²) in [6, 6.07) is 4.21. The lowest BCUT2D eigenvalue weighted by Crippen LogP contribution is -2.29. The normalized spacial score (nSPS) is 12.2. The third-order valence-corrected chi connectivity index (χ3v) is 3.65. The summed E-state index contributed by atoms with van der Waals surface area (Å²) in [6.07, 6.45) is 4.55. The third-order valence-electron chi connectivity index (χ3n) is 3.30. The quantitative estimate of drug-likeness (QED) is 0.726.